The molecule has 56 valence electrons. The molecule has 0 aromatic heterocycles. The van der Waals surface area contributed by atoms with Crippen molar-refractivity contribution in [3.8, 4) is 0 Å². The van der Waals surface area contributed by atoms with Gasteiger partial charge in [-0.15, -0.1) is 0 Å². The first kappa shape index (κ1) is 8.54. The minimum atomic E-state index is -0.939. The lowest BCUT2D eigenvalue weighted by Gasteiger charge is -1.87. The van der Waals surface area contributed by atoms with E-state index in [0.717, 1.165) is 14.2 Å². The minimum absolute atomic E-state index is 0.939. The molecule has 0 aliphatic carbocycles. The Morgan fingerprint density at radius 3 is 1.50 bits per heavy atom. The van der Waals surface area contributed by atoms with Crippen LogP contribution in [0.4, 0.5) is 9.59 Å². The molecule has 0 radical (unpaired) electrons. The average molecular weight is 146 g/mol. The van der Waals surface area contributed by atoms with Crippen LogP contribution >= 0.6 is 0 Å². The maximum atomic E-state index is 10.1. The van der Waals surface area contributed by atoms with E-state index in [1.165, 1.54) is 0 Å². The fourth-order valence-electron chi connectivity index (χ4n) is 0.163. The molecule has 0 spiro atoms. The molecule has 10 heavy (non-hydrogen) atoms. The summed E-state index contributed by atoms with van der Waals surface area (Å²) in [7, 11) is 2.25. The van der Waals surface area contributed by atoms with Crippen molar-refractivity contribution in [2.24, 2.45) is 10.2 Å². The first-order valence-corrected chi connectivity index (χ1v) is 2.28. The van der Waals surface area contributed by atoms with Crippen LogP contribution < -0.4 is 0 Å². The molecule has 0 saturated heterocycles. The van der Waals surface area contributed by atoms with Crippen LogP contribution in [0.25, 0.3) is 0 Å². The molecular formula is C4H6N2O4. The van der Waals surface area contributed by atoms with Crippen molar-refractivity contribution < 1.29 is 19.1 Å². The summed E-state index contributed by atoms with van der Waals surface area (Å²) in [6.07, 6.45) is -1.88. The lowest BCUT2D eigenvalue weighted by molar-refractivity contribution is 0.171. The van der Waals surface area contributed by atoms with Gasteiger partial charge in [-0.25, -0.2) is 9.59 Å². The Labute approximate surface area is 56.8 Å². The maximum Gasteiger partial charge on any atom is 0.452 e. The number of hydrogen-bond acceptors (Lipinski definition) is 4. The van der Waals surface area contributed by atoms with Gasteiger partial charge in [0.15, 0.2) is 0 Å². The van der Waals surface area contributed by atoms with Crippen molar-refractivity contribution in [3.63, 3.8) is 0 Å². The standard InChI is InChI=1S/C4H6N2O4/c1-9-3(7)5-6-4(8)10-2/h1-2H3/b6-5-. The van der Waals surface area contributed by atoms with Gasteiger partial charge in [-0.05, 0) is 0 Å². The first-order chi connectivity index (χ1) is 4.70. The van der Waals surface area contributed by atoms with E-state index in [2.05, 4.69) is 19.7 Å². The molecule has 0 saturated carbocycles. The summed E-state index contributed by atoms with van der Waals surface area (Å²) in [5.74, 6) is 0. The van der Waals surface area contributed by atoms with Crippen molar-refractivity contribution in [1.29, 1.82) is 0 Å². The number of azo groups is 1. The molecule has 2 amide bonds. The molecule has 0 aliphatic heterocycles. The Bertz CT molecular complexity index is 147. The number of carbonyl (C=O) groups is 2. The highest BCUT2D eigenvalue weighted by atomic mass is 16.5. The van der Waals surface area contributed by atoms with Crippen LogP contribution in [0.2, 0.25) is 0 Å². The summed E-state index contributed by atoms with van der Waals surface area (Å²) in [5, 5.41) is 5.61. The summed E-state index contributed by atoms with van der Waals surface area (Å²) < 4.78 is 8.08. The lowest BCUT2D eigenvalue weighted by atomic mass is 11.2. The molecule has 6 heteroatoms. The van der Waals surface area contributed by atoms with Crippen LogP contribution in [-0.4, -0.2) is 26.4 Å². The van der Waals surface area contributed by atoms with Gasteiger partial charge in [0.25, 0.3) is 0 Å². The van der Waals surface area contributed by atoms with Crippen LogP contribution in [0.3, 0.4) is 0 Å². The second-order valence-corrected chi connectivity index (χ2v) is 1.14. The van der Waals surface area contributed by atoms with Gasteiger partial charge in [0, 0.05) is 0 Å². The van der Waals surface area contributed by atoms with Gasteiger partial charge in [0.2, 0.25) is 0 Å². The SMILES string of the molecule is COC(=O)/N=N\C(=O)OC. The molecule has 0 fully saturated rings. The van der Waals surface area contributed by atoms with Crippen LogP contribution in [0, 0.1) is 0 Å². The van der Waals surface area contributed by atoms with Gasteiger partial charge in [-0.2, -0.15) is 0 Å². The Kier molecular flexibility index (Phi) is 3.78. The summed E-state index contributed by atoms with van der Waals surface area (Å²) >= 11 is 0. The summed E-state index contributed by atoms with van der Waals surface area (Å²) in [6, 6.07) is 0. The molecule has 0 atom stereocenters. The largest absolute Gasteiger partial charge is 0.452 e. The van der Waals surface area contributed by atoms with Crippen molar-refractivity contribution in [3.05, 3.63) is 0 Å². The summed E-state index contributed by atoms with van der Waals surface area (Å²) in [5.41, 5.74) is 0. The predicted molar refractivity (Wildman–Crippen MR) is 29.7 cm³/mol. The summed E-state index contributed by atoms with van der Waals surface area (Å²) in [4.78, 5) is 20.3. The number of amides is 2. The third-order valence-electron chi connectivity index (χ3n) is 0.563. The molecule has 0 N–H and O–H groups in total. The molecular weight excluding hydrogens is 140 g/mol. The maximum absolute atomic E-state index is 10.1. The topological polar surface area (TPSA) is 77.3 Å². The van der Waals surface area contributed by atoms with Gasteiger partial charge in [-0.3, -0.25) is 0 Å². The van der Waals surface area contributed by atoms with E-state index in [4.69, 9.17) is 0 Å². The van der Waals surface area contributed by atoms with Crippen molar-refractivity contribution >= 4 is 12.2 Å². The smallest absolute Gasteiger partial charge is 0.450 e. The highest BCUT2D eigenvalue weighted by Crippen LogP contribution is 1.85. The van der Waals surface area contributed by atoms with E-state index in [9.17, 15) is 9.59 Å². The second kappa shape index (κ2) is 4.42. The quantitative estimate of drug-likeness (QED) is 0.477. The normalized spacial score (nSPS) is 9.40. The zero-order chi connectivity index (χ0) is 7.98. The van der Waals surface area contributed by atoms with Gasteiger partial charge >= 0.3 is 12.2 Å². The van der Waals surface area contributed by atoms with E-state index in [1.54, 1.807) is 0 Å². The molecule has 0 aromatic carbocycles. The zero-order valence-corrected chi connectivity index (χ0v) is 5.53. The minimum Gasteiger partial charge on any atom is -0.450 e. The molecule has 0 bridgehead atoms. The number of rotatable bonds is 0. The fraction of sp³-hybridized carbons (Fsp3) is 0.500. The van der Waals surface area contributed by atoms with E-state index in [0.29, 0.717) is 0 Å². The number of methoxy groups -OCH3 is 2. The van der Waals surface area contributed by atoms with Crippen LogP contribution in [0.5, 0.6) is 0 Å². The third kappa shape index (κ3) is 3.53. The Balaban J connectivity index is 3.75. The third-order valence-corrected chi connectivity index (χ3v) is 0.563. The molecule has 0 aromatic rings. The summed E-state index contributed by atoms with van der Waals surface area (Å²) in [6.45, 7) is 0. The highest BCUT2D eigenvalue weighted by molar-refractivity contribution is 5.72. The van der Waals surface area contributed by atoms with E-state index in [1.807, 2.05) is 0 Å². The molecule has 0 heterocycles. The second-order valence-electron chi connectivity index (χ2n) is 1.14. The van der Waals surface area contributed by atoms with Crippen molar-refractivity contribution in [2.75, 3.05) is 14.2 Å². The van der Waals surface area contributed by atoms with Crippen LogP contribution in [0.1, 0.15) is 0 Å². The molecule has 0 unspecified atom stereocenters. The van der Waals surface area contributed by atoms with E-state index >= 15 is 0 Å². The van der Waals surface area contributed by atoms with Crippen molar-refractivity contribution in [2.45, 2.75) is 0 Å². The number of hydrogen-bond donors (Lipinski definition) is 0. The van der Waals surface area contributed by atoms with Crippen LogP contribution in [-0.2, 0) is 9.47 Å². The highest BCUT2D eigenvalue weighted by Gasteiger charge is 1.97. The molecule has 0 aliphatic rings. The van der Waals surface area contributed by atoms with Crippen LogP contribution in [0.15, 0.2) is 10.2 Å². The van der Waals surface area contributed by atoms with Crippen molar-refractivity contribution in [1.82, 2.24) is 0 Å². The number of ether oxygens (including phenoxy) is 2. The molecule has 6 nitrogen and oxygen atoms in total. The first-order valence-electron chi connectivity index (χ1n) is 2.28. The van der Waals surface area contributed by atoms with Gasteiger partial charge in [0.05, 0.1) is 14.2 Å². The predicted octanol–water partition coefficient (Wildman–Crippen LogP) is 0.971. The average Bonchev–Trinajstić information content (AvgIpc) is 1.99. The number of nitrogens with zero attached hydrogens (tertiary/aromatic N) is 2. The monoisotopic (exact) mass is 146 g/mol. The molecule has 0 rings (SSSR count). The Morgan fingerprint density at radius 1 is 1.00 bits per heavy atom. The van der Waals surface area contributed by atoms with Gasteiger partial charge in [0.1, 0.15) is 0 Å². The zero-order valence-electron chi connectivity index (χ0n) is 5.53. The Morgan fingerprint density at radius 2 is 1.30 bits per heavy atom. The van der Waals surface area contributed by atoms with Gasteiger partial charge < -0.3 is 9.47 Å². The Hall–Kier alpha value is -1.46. The fourth-order valence-corrected chi connectivity index (χ4v) is 0.163. The van der Waals surface area contributed by atoms with Gasteiger partial charge in [-0.1, -0.05) is 10.2 Å². The lowest BCUT2D eigenvalue weighted by Crippen LogP contribution is -1.95. The number of carbonyl (C=O) groups excluding carboxylic acids is 2. The van der Waals surface area contributed by atoms with E-state index < -0.39 is 12.2 Å². The van der Waals surface area contributed by atoms with E-state index in [-0.39, 0.29) is 0 Å².